The summed E-state index contributed by atoms with van der Waals surface area (Å²) in [6, 6.07) is 42.2. The topological polar surface area (TPSA) is 75.7 Å². The Bertz CT molecular complexity index is 2560. The van der Waals surface area contributed by atoms with E-state index in [9.17, 15) is 4.79 Å². The molecule has 67 heavy (non-hydrogen) atoms. The van der Waals surface area contributed by atoms with Crippen LogP contribution in [0.25, 0.3) is 42.4 Å². The van der Waals surface area contributed by atoms with Crippen LogP contribution in [0.4, 0.5) is 17.1 Å². The predicted octanol–water partition coefficient (Wildman–Crippen LogP) is 16.2. The number of fused-ring (bicyclic) bond motifs is 1. The van der Waals surface area contributed by atoms with Gasteiger partial charge in [-0.05, 0) is 115 Å². The van der Waals surface area contributed by atoms with E-state index >= 15 is 0 Å². The lowest BCUT2D eigenvalue weighted by Crippen LogP contribution is -2.14. The van der Waals surface area contributed by atoms with Crippen LogP contribution in [-0.4, -0.2) is 45.9 Å². The summed E-state index contributed by atoms with van der Waals surface area (Å²) in [5, 5.41) is 0. The fourth-order valence-corrected chi connectivity index (χ4v) is 9.98. The Labute approximate surface area is 404 Å². The molecule has 10 heteroatoms. The number of anilines is 3. The molecule has 2 aromatic heterocycles. The Morgan fingerprint density at radius 1 is 0.493 bits per heavy atom. The maximum Gasteiger partial charge on any atom is 0.181 e. The number of benzene rings is 5. The van der Waals surface area contributed by atoms with Crippen LogP contribution in [0.1, 0.15) is 88.7 Å². The van der Waals surface area contributed by atoms with Gasteiger partial charge in [0.05, 0.1) is 41.1 Å². The summed E-state index contributed by atoms with van der Waals surface area (Å²) >= 11 is 3.09. The first-order chi connectivity index (χ1) is 33.0. The highest BCUT2D eigenvalue weighted by Crippen LogP contribution is 2.55. The molecule has 0 fully saturated rings. The van der Waals surface area contributed by atoms with Gasteiger partial charge in [-0.2, -0.15) is 0 Å². The Morgan fingerprint density at radius 2 is 0.925 bits per heavy atom. The number of unbranched alkanes of at least 4 members (excludes halogenated alkanes) is 4. The molecular formula is C57H61NO7S2. The Kier molecular flexibility index (Phi) is 16.6. The zero-order valence-corrected chi connectivity index (χ0v) is 40.8. The molecule has 0 saturated heterocycles. The molecule has 0 amide bonds. The summed E-state index contributed by atoms with van der Waals surface area (Å²) < 4.78 is 37.4. The van der Waals surface area contributed by atoms with Gasteiger partial charge in [-0.25, -0.2) is 0 Å². The maximum atomic E-state index is 11.6. The first kappa shape index (κ1) is 47.3. The quantitative estimate of drug-likeness (QED) is 0.0438. The minimum atomic E-state index is 0.477. The lowest BCUT2D eigenvalue weighted by molar-refractivity contribution is 0.112. The summed E-state index contributed by atoms with van der Waals surface area (Å²) in [5.41, 5.74) is 8.20. The fourth-order valence-electron chi connectivity index (χ4n) is 7.85. The second-order valence-electron chi connectivity index (χ2n) is 16.5. The number of nitrogens with zero attached hydrogens (tertiary/aromatic N) is 1. The molecule has 0 radical (unpaired) electrons. The van der Waals surface area contributed by atoms with Crippen LogP contribution in [-0.2, 0) is 0 Å². The van der Waals surface area contributed by atoms with E-state index < -0.39 is 0 Å². The van der Waals surface area contributed by atoms with E-state index in [1.54, 1.807) is 11.3 Å². The van der Waals surface area contributed by atoms with Crippen LogP contribution in [0.15, 0.2) is 121 Å². The van der Waals surface area contributed by atoms with Crippen LogP contribution in [0.5, 0.6) is 34.5 Å². The van der Waals surface area contributed by atoms with Gasteiger partial charge in [-0.3, -0.25) is 4.79 Å². The van der Waals surface area contributed by atoms with E-state index in [4.69, 9.17) is 28.4 Å². The van der Waals surface area contributed by atoms with Crippen molar-refractivity contribution in [2.75, 3.05) is 44.5 Å². The minimum Gasteiger partial charge on any atom is -0.493 e. The van der Waals surface area contributed by atoms with Gasteiger partial charge in [0.1, 0.15) is 36.2 Å². The number of carbonyl (C=O) groups is 1. The van der Waals surface area contributed by atoms with Gasteiger partial charge in [-0.1, -0.05) is 89.8 Å². The summed E-state index contributed by atoms with van der Waals surface area (Å²) in [6.45, 7) is 12.3. The van der Waals surface area contributed by atoms with Crippen molar-refractivity contribution in [3.63, 3.8) is 0 Å². The van der Waals surface area contributed by atoms with Crippen LogP contribution < -0.4 is 33.3 Å². The molecule has 0 spiro atoms. The van der Waals surface area contributed by atoms with E-state index in [-0.39, 0.29) is 0 Å². The first-order valence-electron chi connectivity index (χ1n) is 23.9. The zero-order valence-electron chi connectivity index (χ0n) is 39.1. The monoisotopic (exact) mass is 935 g/mol. The van der Waals surface area contributed by atoms with E-state index in [2.05, 4.69) is 118 Å². The number of hydrogen-bond acceptors (Lipinski definition) is 10. The zero-order chi connectivity index (χ0) is 46.4. The second-order valence-corrected chi connectivity index (χ2v) is 18.7. The summed E-state index contributed by atoms with van der Waals surface area (Å²) in [4.78, 5) is 17.5. The Hall–Kier alpha value is -6.23. The lowest BCUT2D eigenvalue weighted by atomic mass is 10.0. The van der Waals surface area contributed by atoms with Gasteiger partial charge >= 0.3 is 0 Å². The van der Waals surface area contributed by atoms with Crippen molar-refractivity contribution in [2.24, 2.45) is 0 Å². The molecule has 7 aromatic rings. The number of aldehydes is 1. The number of carbonyl (C=O) groups excluding carboxylic acids is 1. The first-order valence-corrected chi connectivity index (χ1v) is 25.5. The normalized spacial score (nSPS) is 11.9. The SMILES string of the molecule is CCCCOc1ccc(-c2ccc(N(c3ccc(-c4ccc(OCCCC)cc4OCCCC)cc3)c3ccc(-c4sc(-c5ccc(C=O)s5)c5c4OCCO5)cc3)cc2)c(OCCCC)c1. The molecule has 1 aliphatic heterocycles. The maximum absolute atomic E-state index is 11.6. The van der Waals surface area contributed by atoms with E-state index in [0.29, 0.717) is 44.5 Å². The Morgan fingerprint density at radius 3 is 1.36 bits per heavy atom. The molecular weight excluding hydrogens is 875 g/mol. The van der Waals surface area contributed by atoms with Crippen LogP contribution in [0, 0.1) is 0 Å². The molecule has 0 bridgehead atoms. The second kappa shape index (κ2) is 23.5. The number of hydrogen-bond donors (Lipinski definition) is 0. The molecule has 1 aliphatic rings. The molecule has 5 aromatic carbocycles. The van der Waals surface area contributed by atoms with Gasteiger partial charge in [0, 0.05) is 45.2 Å². The van der Waals surface area contributed by atoms with Gasteiger partial charge in [0.25, 0.3) is 0 Å². The predicted molar refractivity (Wildman–Crippen MR) is 277 cm³/mol. The molecule has 8 nitrogen and oxygen atoms in total. The van der Waals surface area contributed by atoms with Crippen molar-refractivity contribution >= 4 is 46.0 Å². The van der Waals surface area contributed by atoms with Crippen LogP contribution in [0.3, 0.4) is 0 Å². The highest BCUT2D eigenvalue weighted by Gasteiger charge is 2.27. The Balaban J connectivity index is 1.15. The van der Waals surface area contributed by atoms with E-state index in [0.717, 1.165) is 152 Å². The fraction of sp³-hybridized carbons (Fsp3) is 0.316. The lowest BCUT2D eigenvalue weighted by Gasteiger charge is -2.26. The van der Waals surface area contributed by atoms with Crippen molar-refractivity contribution in [1.29, 1.82) is 0 Å². The van der Waals surface area contributed by atoms with Gasteiger partial charge < -0.3 is 33.3 Å². The van der Waals surface area contributed by atoms with Gasteiger partial charge in [0.2, 0.25) is 0 Å². The third-order valence-corrected chi connectivity index (χ3v) is 14.0. The molecule has 348 valence electrons. The van der Waals surface area contributed by atoms with Crippen molar-refractivity contribution in [1.82, 2.24) is 0 Å². The number of rotatable bonds is 24. The molecule has 0 aliphatic carbocycles. The molecule has 0 atom stereocenters. The molecule has 0 saturated carbocycles. The summed E-state index contributed by atoms with van der Waals surface area (Å²) in [7, 11) is 0. The number of ether oxygens (including phenoxy) is 6. The van der Waals surface area contributed by atoms with E-state index in [1.807, 2.05) is 36.4 Å². The number of thiophene rings is 2. The third-order valence-electron chi connectivity index (χ3n) is 11.6. The average Bonchev–Trinajstić information content (AvgIpc) is 4.01. The molecule has 3 heterocycles. The standard InChI is InChI=1S/C57H61NO7S2/c1-5-9-31-60-46-25-28-49(51(37-46)62-33-11-7-3)40-13-19-43(20-14-40)58(44-21-15-41(16-22-44)50-29-26-47(61-32-10-6-2)38-52(50)63-34-12-8-4)45-23-17-42(18-24-45)56-54-55(65-36-35-64-54)57(67-56)53-30-27-48(39-59)66-53/h13-30,37-39H,5-12,31-36H2,1-4H3. The average molecular weight is 936 g/mol. The van der Waals surface area contributed by atoms with Crippen molar-refractivity contribution < 1.29 is 33.2 Å². The van der Waals surface area contributed by atoms with E-state index in [1.165, 1.54) is 11.3 Å². The van der Waals surface area contributed by atoms with Crippen LogP contribution >= 0.6 is 22.7 Å². The molecule has 8 rings (SSSR count). The minimum absolute atomic E-state index is 0.477. The van der Waals surface area contributed by atoms with Gasteiger partial charge in [-0.15, -0.1) is 22.7 Å². The van der Waals surface area contributed by atoms with Gasteiger partial charge in [0.15, 0.2) is 17.8 Å². The summed E-state index contributed by atoms with van der Waals surface area (Å²) in [6.07, 6.45) is 9.13. The van der Waals surface area contributed by atoms with Crippen molar-refractivity contribution in [3.8, 4) is 76.9 Å². The largest absolute Gasteiger partial charge is 0.493 e. The highest BCUT2D eigenvalue weighted by atomic mass is 32.1. The third kappa shape index (κ3) is 11.5. The highest BCUT2D eigenvalue weighted by molar-refractivity contribution is 7.25. The molecule has 0 N–H and O–H groups in total. The van der Waals surface area contributed by atoms with Crippen molar-refractivity contribution in [2.45, 2.75) is 79.1 Å². The smallest absolute Gasteiger partial charge is 0.181 e. The van der Waals surface area contributed by atoms with Crippen LogP contribution in [0.2, 0.25) is 0 Å². The van der Waals surface area contributed by atoms with Crippen molar-refractivity contribution in [3.05, 3.63) is 126 Å². The summed E-state index contributed by atoms with van der Waals surface area (Å²) in [5.74, 6) is 4.80. The molecule has 0 unspecified atom stereocenters.